The van der Waals surface area contributed by atoms with Gasteiger partial charge in [0.05, 0.1) is 18.9 Å². The number of carbonyl (C=O) groups excluding carboxylic acids is 1. The van der Waals surface area contributed by atoms with E-state index < -0.39 is 12.0 Å². The SMILES string of the molecule is COC(=O)[C@H]1CN[C@H](C)CN1N=O. The van der Waals surface area contributed by atoms with Gasteiger partial charge in [0.25, 0.3) is 0 Å². The van der Waals surface area contributed by atoms with E-state index in [4.69, 9.17) is 0 Å². The van der Waals surface area contributed by atoms with Gasteiger partial charge >= 0.3 is 5.97 Å². The smallest absolute Gasteiger partial charge is 0.331 e. The van der Waals surface area contributed by atoms with E-state index in [1.165, 1.54) is 12.1 Å². The predicted molar refractivity (Wildman–Crippen MR) is 45.8 cm³/mol. The summed E-state index contributed by atoms with van der Waals surface area (Å²) in [7, 11) is 1.29. The van der Waals surface area contributed by atoms with Gasteiger partial charge in [-0.3, -0.25) is 0 Å². The Bertz CT molecular complexity index is 209. The van der Waals surface area contributed by atoms with E-state index in [-0.39, 0.29) is 6.04 Å². The van der Waals surface area contributed by atoms with Crippen LogP contribution in [0.4, 0.5) is 0 Å². The summed E-state index contributed by atoms with van der Waals surface area (Å²) in [4.78, 5) is 21.5. The third-order valence-electron chi connectivity index (χ3n) is 2.06. The number of hydrogen-bond acceptors (Lipinski definition) is 5. The van der Waals surface area contributed by atoms with Crippen LogP contribution < -0.4 is 5.32 Å². The van der Waals surface area contributed by atoms with Crippen LogP contribution in [-0.2, 0) is 9.53 Å². The second kappa shape index (κ2) is 4.18. The molecule has 1 fully saturated rings. The summed E-state index contributed by atoms with van der Waals surface area (Å²) < 4.78 is 4.54. The lowest BCUT2D eigenvalue weighted by molar-refractivity contribution is -0.148. The number of hydrogen-bond donors (Lipinski definition) is 1. The highest BCUT2D eigenvalue weighted by molar-refractivity contribution is 5.76. The lowest BCUT2D eigenvalue weighted by Crippen LogP contribution is -2.56. The van der Waals surface area contributed by atoms with Crippen LogP contribution in [0.1, 0.15) is 6.92 Å². The van der Waals surface area contributed by atoms with Gasteiger partial charge in [-0.05, 0) is 6.92 Å². The Labute approximate surface area is 76.2 Å². The minimum Gasteiger partial charge on any atom is -0.467 e. The van der Waals surface area contributed by atoms with Crippen molar-refractivity contribution in [3.63, 3.8) is 0 Å². The van der Waals surface area contributed by atoms with Crippen LogP contribution in [0.2, 0.25) is 0 Å². The van der Waals surface area contributed by atoms with E-state index >= 15 is 0 Å². The molecule has 1 saturated heterocycles. The van der Waals surface area contributed by atoms with Crippen LogP contribution in [0.25, 0.3) is 0 Å². The molecule has 0 saturated carbocycles. The third-order valence-corrected chi connectivity index (χ3v) is 2.06. The summed E-state index contributed by atoms with van der Waals surface area (Å²) >= 11 is 0. The number of rotatable bonds is 2. The van der Waals surface area contributed by atoms with E-state index in [0.717, 1.165) is 0 Å². The molecule has 0 aliphatic carbocycles. The molecule has 1 N–H and O–H groups in total. The molecule has 0 aromatic carbocycles. The molecule has 0 bridgehead atoms. The molecule has 2 atom stereocenters. The second-order valence-electron chi connectivity index (χ2n) is 3.05. The van der Waals surface area contributed by atoms with E-state index in [9.17, 15) is 9.70 Å². The zero-order valence-electron chi connectivity index (χ0n) is 7.69. The van der Waals surface area contributed by atoms with Gasteiger partial charge < -0.3 is 10.1 Å². The molecule has 0 spiro atoms. The van der Waals surface area contributed by atoms with E-state index in [0.29, 0.717) is 13.1 Å². The highest BCUT2D eigenvalue weighted by atomic mass is 16.5. The van der Waals surface area contributed by atoms with Crippen molar-refractivity contribution >= 4 is 5.97 Å². The quantitative estimate of drug-likeness (QED) is 0.466. The molecule has 13 heavy (non-hydrogen) atoms. The number of nitrogens with one attached hydrogen (secondary N) is 1. The molecular formula is C7H13N3O3. The monoisotopic (exact) mass is 187 g/mol. The normalized spacial score (nSPS) is 28.3. The summed E-state index contributed by atoms with van der Waals surface area (Å²) in [6.07, 6.45) is 0. The molecular weight excluding hydrogens is 174 g/mol. The lowest BCUT2D eigenvalue weighted by Gasteiger charge is -2.32. The van der Waals surface area contributed by atoms with E-state index in [1.807, 2.05) is 6.92 Å². The fraction of sp³-hybridized carbons (Fsp3) is 0.857. The van der Waals surface area contributed by atoms with Gasteiger partial charge in [-0.25, -0.2) is 9.80 Å². The second-order valence-corrected chi connectivity index (χ2v) is 3.05. The van der Waals surface area contributed by atoms with Gasteiger partial charge in [0, 0.05) is 12.6 Å². The lowest BCUT2D eigenvalue weighted by atomic mass is 10.1. The average Bonchev–Trinajstić information content (AvgIpc) is 2.16. The fourth-order valence-electron chi connectivity index (χ4n) is 1.32. The van der Waals surface area contributed by atoms with Crippen molar-refractivity contribution < 1.29 is 9.53 Å². The number of carbonyl (C=O) groups is 1. The summed E-state index contributed by atoms with van der Waals surface area (Å²) in [5, 5.41) is 7.08. The van der Waals surface area contributed by atoms with Gasteiger partial charge in [0.1, 0.15) is 0 Å². The van der Waals surface area contributed by atoms with Gasteiger partial charge in [-0.1, -0.05) is 0 Å². The van der Waals surface area contributed by atoms with E-state index in [2.05, 4.69) is 15.3 Å². The predicted octanol–water partition coefficient (Wildman–Crippen LogP) is -0.497. The Balaban J connectivity index is 2.62. The third kappa shape index (κ3) is 2.15. The molecule has 0 amide bonds. The minimum atomic E-state index is -0.585. The number of nitrogens with zero attached hydrogens (tertiary/aromatic N) is 2. The first-order chi connectivity index (χ1) is 6.19. The van der Waals surface area contributed by atoms with Gasteiger partial charge in [-0.2, -0.15) is 0 Å². The van der Waals surface area contributed by atoms with Crippen molar-refractivity contribution in [3.8, 4) is 0 Å². The summed E-state index contributed by atoms with van der Waals surface area (Å²) in [6, 6.07) is -0.419. The van der Waals surface area contributed by atoms with Crippen LogP contribution in [0.3, 0.4) is 0 Å². The van der Waals surface area contributed by atoms with Crippen LogP contribution in [-0.4, -0.2) is 43.3 Å². The Morgan fingerprint density at radius 2 is 2.38 bits per heavy atom. The Morgan fingerprint density at radius 1 is 1.69 bits per heavy atom. The first-order valence-corrected chi connectivity index (χ1v) is 4.10. The van der Waals surface area contributed by atoms with Crippen molar-refractivity contribution in [1.82, 2.24) is 10.3 Å². The summed E-state index contributed by atoms with van der Waals surface area (Å²) in [6.45, 7) is 2.76. The highest BCUT2D eigenvalue weighted by Crippen LogP contribution is 2.08. The molecule has 0 aromatic heterocycles. The van der Waals surface area contributed by atoms with Crippen molar-refractivity contribution in [2.24, 2.45) is 5.29 Å². The first kappa shape index (κ1) is 9.91. The number of nitroso groups, excluding NO2 is 1. The molecule has 0 unspecified atom stereocenters. The van der Waals surface area contributed by atoms with Crippen molar-refractivity contribution in [1.29, 1.82) is 0 Å². The molecule has 1 aliphatic heterocycles. The number of piperazine rings is 1. The van der Waals surface area contributed by atoms with Crippen molar-refractivity contribution in [2.75, 3.05) is 20.2 Å². The topological polar surface area (TPSA) is 71.0 Å². The van der Waals surface area contributed by atoms with Gasteiger partial charge in [-0.15, -0.1) is 4.91 Å². The molecule has 6 heteroatoms. The highest BCUT2D eigenvalue weighted by Gasteiger charge is 2.32. The van der Waals surface area contributed by atoms with Crippen molar-refractivity contribution in [3.05, 3.63) is 4.91 Å². The van der Waals surface area contributed by atoms with E-state index in [1.54, 1.807) is 0 Å². The standard InChI is InChI=1S/C7H13N3O3/c1-5-4-10(9-12)6(3-8-5)7(11)13-2/h5-6,8H,3-4H2,1-2H3/t5-,6-/m1/s1. The molecule has 6 nitrogen and oxygen atoms in total. The molecule has 0 radical (unpaired) electrons. The zero-order chi connectivity index (χ0) is 9.84. The van der Waals surface area contributed by atoms with Gasteiger partial charge in [0.15, 0.2) is 6.04 Å². The maximum absolute atomic E-state index is 11.1. The molecule has 1 rings (SSSR count). The van der Waals surface area contributed by atoms with Crippen LogP contribution in [0, 0.1) is 4.91 Å². The molecule has 1 aliphatic rings. The zero-order valence-corrected chi connectivity index (χ0v) is 7.69. The number of esters is 1. The minimum absolute atomic E-state index is 0.165. The van der Waals surface area contributed by atoms with Crippen LogP contribution >= 0.6 is 0 Å². The van der Waals surface area contributed by atoms with Gasteiger partial charge in [0.2, 0.25) is 0 Å². The van der Waals surface area contributed by atoms with Crippen LogP contribution in [0.5, 0.6) is 0 Å². The summed E-state index contributed by atoms with van der Waals surface area (Å²) in [5.41, 5.74) is 0. The molecule has 1 heterocycles. The molecule has 0 aromatic rings. The largest absolute Gasteiger partial charge is 0.467 e. The first-order valence-electron chi connectivity index (χ1n) is 4.10. The number of ether oxygens (including phenoxy) is 1. The Morgan fingerprint density at radius 3 is 2.92 bits per heavy atom. The van der Waals surface area contributed by atoms with Crippen LogP contribution in [0.15, 0.2) is 5.29 Å². The molecule has 74 valence electrons. The van der Waals surface area contributed by atoms with Crippen molar-refractivity contribution in [2.45, 2.75) is 19.0 Å². The number of methoxy groups -OCH3 is 1. The maximum atomic E-state index is 11.1. The average molecular weight is 187 g/mol. The Hall–Kier alpha value is -1.17. The summed E-state index contributed by atoms with van der Waals surface area (Å²) in [5.74, 6) is -0.431. The Kier molecular flexibility index (Phi) is 3.18. The maximum Gasteiger partial charge on any atom is 0.331 e. The fourth-order valence-corrected chi connectivity index (χ4v) is 1.32.